The van der Waals surface area contributed by atoms with Crippen LogP contribution in [0.15, 0.2) is 42.5 Å². The number of pyridine rings is 1. The van der Waals surface area contributed by atoms with Crippen molar-refractivity contribution in [2.45, 2.75) is 0 Å². The number of morpholine rings is 2. The Kier molecular flexibility index (Phi) is 6.02. The van der Waals surface area contributed by atoms with Crippen LogP contribution < -0.4 is 10.2 Å². The standard InChI is InChI=1S/C21H24N4O4/c26-20(23-16-4-1-2-7-19(16)24-8-12-28-13-9-24)17-5-3-6-18(22-17)21(27)25-10-14-29-15-11-25/h1-7H,8-15H2,(H,23,26). The third-order valence-electron chi connectivity index (χ3n) is 5.00. The Morgan fingerprint density at radius 3 is 2.24 bits per heavy atom. The molecule has 0 saturated carbocycles. The normalized spacial score (nSPS) is 17.1. The van der Waals surface area contributed by atoms with Gasteiger partial charge in [-0.1, -0.05) is 18.2 Å². The van der Waals surface area contributed by atoms with Crippen molar-refractivity contribution in [1.82, 2.24) is 9.88 Å². The van der Waals surface area contributed by atoms with Crippen LogP contribution >= 0.6 is 0 Å². The van der Waals surface area contributed by atoms with E-state index in [1.165, 1.54) is 0 Å². The number of carbonyl (C=O) groups is 2. The molecule has 2 fully saturated rings. The summed E-state index contributed by atoms with van der Waals surface area (Å²) in [4.78, 5) is 33.7. The van der Waals surface area contributed by atoms with Gasteiger partial charge in [0.05, 0.1) is 37.8 Å². The third kappa shape index (κ3) is 4.55. The van der Waals surface area contributed by atoms with Crippen LogP contribution in [0.25, 0.3) is 0 Å². The molecule has 0 bridgehead atoms. The van der Waals surface area contributed by atoms with Gasteiger partial charge in [0.25, 0.3) is 11.8 Å². The van der Waals surface area contributed by atoms with E-state index < -0.39 is 0 Å². The molecule has 1 aromatic heterocycles. The van der Waals surface area contributed by atoms with E-state index in [-0.39, 0.29) is 23.2 Å². The van der Waals surface area contributed by atoms with Crippen molar-refractivity contribution >= 4 is 23.2 Å². The Balaban J connectivity index is 1.50. The van der Waals surface area contributed by atoms with Crippen molar-refractivity contribution < 1.29 is 19.1 Å². The first-order chi connectivity index (χ1) is 14.2. The highest BCUT2D eigenvalue weighted by Crippen LogP contribution is 2.26. The summed E-state index contributed by atoms with van der Waals surface area (Å²) >= 11 is 0. The molecule has 1 aromatic carbocycles. The highest BCUT2D eigenvalue weighted by atomic mass is 16.5. The van der Waals surface area contributed by atoms with Gasteiger partial charge in [-0.15, -0.1) is 0 Å². The number of benzene rings is 1. The Morgan fingerprint density at radius 1 is 0.828 bits per heavy atom. The zero-order valence-corrected chi connectivity index (χ0v) is 16.2. The van der Waals surface area contributed by atoms with Crippen molar-refractivity contribution in [3.63, 3.8) is 0 Å². The summed E-state index contributed by atoms with van der Waals surface area (Å²) in [5.74, 6) is -0.529. The monoisotopic (exact) mass is 396 g/mol. The molecule has 0 aliphatic carbocycles. The van der Waals surface area contributed by atoms with Gasteiger partial charge in [0.1, 0.15) is 11.4 Å². The Hall–Kier alpha value is -2.97. The number of carbonyl (C=O) groups excluding carboxylic acids is 2. The minimum atomic E-state index is -0.345. The molecular weight excluding hydrogens is 372 g/mol. The number of anilines is 2. The van der Waals surface area contributed by atoms with Crippen molar-refractivity contribution in [3.05, 3.63) is 53.9 Å². The van der Waals surface area contributed by atoms with E-state index in [1.807, 2.05) is 24.3 Å². The minimum Gasteiger partial charge on any atom is -0.378 e. The van der Waals surface area contributed by atoms with Gasteiger partial charge in [-0.25, -0.2) is 4.98 Å². The maximum absolute atomic E-state index is 12.8. The van der Waals surface area contributed by atoms with Crippen LogP contribution in [0.2, 0.25) is 0 Å². The Bertz CT molecular complexity index is 876. The molecule has 152 valence electrons. The third-order valence-corrected chi connectivity index (χ3v) is 5.00. The predicted molar refractivity (Wildman–Crippen MR) is 108 cm³/mol. The van der Waals surface area contributed by atoms with Gasteiger partial charge in [-0.2, -0.15) is 0 Å². The van der Waals surface area contributed by atoms with E-state index in [2.05, 4.69) is 15.2 Å². The number of rotatable bonds is 4. The first kappa shape index (κ1) is 19.4. The fourth-order valence-corrected chi connectivity index (χ4v) is 3.45. The molecular formula is C21H24N4O4. The first-order valence-corrected chi connectivity index (χ1v) is 9.79. The van der Waals surface area contributed by atoms with Gasteiger partial charge in [0.2, 0.25) is 0 Å². The number of para-hydroxylation sites is 2. The molecule has 29 heavy (non-hydrogen) atoms. The molecule has 2 aliphatic heterocycles. The number of hydrogen-bond acceptors (Lipinski definition) is 6. The largest absolute Gasteiger partial charge is 0.378 e. The van der Waals surface area contributed by atoms with E-state index in [4.69, 9.17) is 9.47 Å². The zero-order chi connectivity index (χ0) is 20.1. The maximum atomic E-state index is 12.8. The lowest BCUT2D eigenvalue weighted by Gasteiger charge is -2.30. The van der Waals surface area contributed by atoms with Crippen LogP contribution in [0.5, 0.6) is 0 Å². The predicted octanol–water partition coefficient (Wildman–Crippen LogP) is 1.64. The quantitative estimate of drug-likeness (QED) is 0.846. The summed E-state index contributed by atoms with van der Waals surface area (Å²) in [6.07, 6.45) is 0. The van der Waals surface area contributed by atoms with Gasteiger partial charge in [0, 0.05) is 26.2 Å². The molecule has 4 rings (SSSR count). The number of ether oxygens (including phenoxy) is 2. The number of aromatic nitrogens is 1. The molecule has 0 radical (unpaired) electrons. The van der Waals surface area contributed by atoms with Crippen LogP contribution in [0.3, 0.4) is 0 Å². The average molecular weight is 396 g/mol. The van der Waals surface area contributed by atoms with Gasteiger partial charge in [-0.3, -0.25) is 9.59 Å². The van der Waals surface area contributed by atoms with Crippen molar-refractivity contribution in [2.24, 2.45) is 0 Å². The lowest BCUT2D eigenvalue weighted by molar-refractivity contribution is 0.0299. The van der Waals surface area contributed by atoms with Crippen molar-refractivity contribution in [2.75, 3.05) is 62.8 Å². The second kappa shape index (κ2) is 9.02. The second-order valence-corrected chi connectivity index (χ2v) is 6.88. The van der Waals surface area contributed by atoms with Crippen molar-refractivity contribution in [3.8, 4) is 0 Å². The van der Waals surface area contributed by atoms with E-state index >= 15 is 0 Å². The van der Waals surface area contributed by atoms with Crippen LogP contribution in [-0.2, 0) is 9.47 Å². The topological polar surface area (TPSA) is 84.0 Å². The highest BCUT2D eigenvalue weighted by Gasteiger charge is 2.21. The zero-order valence-electron chi connectivity index (χ0n) is 16.2. The van der Waals surface area contributed by atoms with E-state index in [9.17, 15) is 9.59 Å². The van der Waals surface area contributed by atoms with Crippen LogP contribution in [0, 0.1) is 0 Å². The van der Waals surface area contributed by atoms with Gasteiger partial charge >= 0.3 is 0 Å². The van der Waals surface area contributed by atoms with Gasteiger partial charge in [0.15, 0.2) is 0 Å². The summed E-state index contributed by atoms with van der Waals surface area (Å²) in [6.45, 7) is 4.97. The number of nitrogens with one attached hydrogen (secondary N) is 1. The van der Waals surface area contributed by atoms with Gasteiger partial charge < -0.3 is 24.6 Å². The summed E-state index contributed by atoms with van der Waals surface area (Å²) in [5.41, 5.74) is 2.14. The first-order valence-electron chi connectivity index (χ1n) is 9.79. The lowest BCUT2D eigenvalue weighted by atomic mass is 10.2. The van der Waals surface area contributed by atoms with Gasteiger partial charge in [-0.05, 0) is 24.3 Å². The smallest absolute Gasteiger partial charge is 0.274 e. The average Bonchev–Trinajstić information content (AvgIpc) is 2.80. The fraction of sp³-hybridized carbons (Fsp3) is 0.381. The van der Waals surface area contributed by atoms with Crippen LogP contribution in [0.4, 0.5) is 11.4 Å². The molecule has 2 amide bonds. The molecule has 8 nitrogen and oxygen atoms in total. The Labute approximate surface area is 169 Å². The minimum absolute atomic E-state index is 0.184. The molecule has 3 heterocycles. The fourth-order valence-electron chi connectivity index (χ4n) is 3.45. The molecule has 8 heteroatoms. The lowest BCUT2D eigenvalue weighted by Crippen LogP contribution is -2.41. The maximum Gasteiger partial charge on any atom is 0.274 e. The number of hydrogen-bond donors (Lipinski definition) is 1. The molecule has 0 spiro atoms. The second-order valence-electron chi connectivity index (χ2n) is 6.88. The molecule has 1 N–H and O–H groups in total. The van der Waals surface area contributed by atoms with Crippen LogP contribution in [-0.4, -0.2) is 74.3 Å². The molecule has 2 aromatic rings. The number of nitrogens with zero attached hydrogens (tertiary/aromatic N) is 3. The number of amides is 2. The summed E-state index contributed by atoms with van der Waals surface area (Å²) in [6, 6.07) is 12.6. The Morgan fingerprint density at radius 2 is 1.48 bits per heavy atom. The summed E-state index contributed by atoms with van der Waals surface area (Å²) in [5, 5.41) is 2.94. The molecule has 0 atom stereocenters. The van der Waals surface area contributed by atoms with E-state index in [1.54, 1.807) is 23.1 Å². The molecule has 2 aliphatic rings. The van der Waals surface area contributed by atoms with E-state index in [0.29, 0.717) is 45.2 Å². The summed E-state index contributed by atoms with van der Waals surface area (Å²) < 4.78 is 10.7. The van der Waals surface area contributed by atoms with Crippen LogP contribution in [0.1, 0.15) is 21.0 Å². The molecule has 2 saturated heterocycles. The summed E-state index contributed by atoms with van der Waals surface area (Å²) in [7, 11) is 0. The molecule has 0 unspecified atom stereocenters. The van der Waals surface area contributed by atoms with E-state index in [0.717, 1.165) is 18.8 Å². The van der Waals surface area contributed by atoms with Crippen molar-refractivity contribution in [1.29, 1.82) is 0 Å². The SMILES string of the molecule is O=C(Nc1ccccc1N1CCOCC1)c1cccc(C(=O)N2CCOCC2)n1. The highest BCUT2D eigenvalue weighted by molar-refractivity contribution is 6.05.